The molecule has 3 N–H and O–H groups in total. The molecule has 6 heteroatoms. The van der Waals surface area contributed by atoms with Crippen LogP contribution in [0.25, 0.3) is 0 Å². The van der Waals surface area contributed by atoms with Gasteiger partial charge in [-0.2, -0.15) is 0 Å². The number of carbonyl (C=O) groups excluding carboxylic acids is 1. The van der Waals surface area contributed by atoms with Crippen LogP contribution in [0.2, 0.25) is 0 Å². The van der Waals surface area contributed by atoms with Gasteiger partial charge in [0, 0.05) is 18.7 Å². The van der Waals surface area contributed by atoms with Crippen molar-refractivity contribution in [3.8, 4) is 0 Å². The summed E-state index contributed by atoms with van der Waals surface area (Å²) in [6.07, 6.45) is 0.419. The first-order chi connectivity index (χ1) is 10.7. The van der Waals surface area contributed by atoms with E-state index in [0.717, 1.165) is 12.0 Å². The molecule has 1 aliphatic heterocycles. The monoisotopic (exact) mass is 323 g/mol. The van der Waals surface area contributed by atoms with Gasteiger partial charge in [0.15, 0.2) is 0 Å². The number of likely N-dealkylation sites (tertiary alicyclic amines) is 1. The predicted octanol–water partition coefficient (Wildman–Crippen LogP) is 2.90. The van der Waals surface area contributed by atoms with Crippen LogP contribution in [0.1, 0.15) is 44.4 Å². The first kappa shape index (κ1) is 17.7. The number of amides is 1. The lowest BCUT2D eigenvalue weighted by molar-refractivity contribution is 0.0285. The summed E-state index contributed by atoms with van der Waals surface area (Å²) >= 11 is 0. The molecule has 0 bridgehead atoms. The van der Waals surface area contributed by atoms with Crippen LogP contribution in [-0.4, -0.2) is 29.7 Å². The largest absolute Gasteiger partial charge is 0.444 e. The molecule has 0 saturated carbocycles. The molecule has 1 amide bonds. The van der Waals surface area contributed by atoms with Gasteiger partial charge in [0.1, 0.15) is 11.4 Å². The molecule has 1 heterocycles. The number of halogens is 1. The number of carbonyl (C=O) groups is 1. The molecule has 1 saturated heterocycles. The van der Waals surface area contributed by atoms with Crippen LogP contribution in [0.5, 0.6) is 0 Å². The van der Waals surface area contributed by atoms with E-state index in [-0.39, 0.29) is 23.9 Å². The van der Waals surface area contributed by atoms with Gasteiger partial charge in [-0.3, -0.25) is 11.3 Å². The van der Waals surface area contributed by atoms with Crippen LogP contribution in [0, 0.1) is 18.7 Å². The van der Waals surface area contributed by atoms with Gasteiger partial charge in [-0.15, -0.1) is 0 Å². The average molecular weight is 323 g/mol. The number of benzene rings is 1. The molecule has 1 fully saturated rings. The van der Waals surface area contributed by atoms with Crippen LogP contribution in [0.3, 0.4) is 0 Å². The third-order valence-electron chi connectivity index (χ3n) is 4.01. The molecule has 128 valence electrons. The third kappa shape index (κ3) is 4.42. The van der Waals surface area contributed by atoms with E-state index in [0.29, 0.717) is 18.7 Å². The Morgan fingerprint density at radius 3 is 2.78 bits per heavy atom. The smallest absolute Gasteiger partial charge is 0.410 e. The lowest BCUT2D eigenvalue weighted by Crippen LogP contribution is -2.38. The van der Waals surface area contributed by atoms with Crippen molar-refractivity contribution in [2.24, 2.45) is 11.8 Å². The summed E-state index contributed by atoms with van der Waals surface area (Å²) in [7, 11) is 0. The van der Waals surface area contributed by atoms with E-state index in [1.165, 1.54) is 6.07 Å². The molecule has 1 aromatic rings. The molecule has 1 aliphatic rings. The Bertz CT molecular complexity index is 571. The van der Waals surface area contributed by atoms with Gasteiger partial charge in [0.25, 0.3) is 0 Å². The molecule has 2 atom stereocenters. The minimum absolute atomic E-state index is 0.0452. The lowest BCUT2D eigenvalue weighted by Gasteiger charge is -2.26. The van der Waals surface area contributed by atoms with Gasteiger partial charge in [-0.25, -0.2) is 9.18 Å². The Balaban J connectivity index is 2.10. The Kier molecular flexibility index (Phi) is 5.26. The van der Waals surface area contributed by atoms with Gasteiger partial charge in [0.05, 0.1) is 6.04 Å². The fourth-order valence-corrected chi connectivity index (χ4v) is 2.93. The van der Waals surface area contributed by atoms with E-state index in [2.05, 4.69) is 5.43 Å². The highest BCUT2D eigenvalue weighted by molar-refractivity contribution is 5.68. The lowest BCUT2D eigenvalue weighted by atomic mass is 9.91. The summed E-state index contributed by atoms with van der Waals surface area (Å²) in [5, 5.41) is 0. The Morgan fingerprint density at radius 2 is 2.17 bits per heavy atom. The molecular formula is C17H26FN3O2. The minimum atomic E-state index is -0.524. The van der Waals surface area contributed by atoms with E-state index in [1.807, 2.05) is 27.7 Å². The van der Waals surface area contributed by atoms with Crippen LogP contribution in [0.4, 0.5) is 9.18 Å². The topological polar surface area (TPSA) is 67.6 Å². The summed E-state index contributed by atoms with van der Waals surface area (Å²) in [4.78, 5) is 13.8. The van der Waals surface area contributed by atoms with Gasteiger partial charge in [-0.1, -0.05) is 17.7 Å². The van der Waals surface area contributed by atoms with Crippen molar-refractivity contribution in [1.29, 1.82) is 0 Å². The van der Waals surface area contributed by atoms with E-state index in [9.17, 15) is 9.18 Å². The van der Waals surface area contributed by atoms with Crippen LogP contribution in [-0.2, 0) is 4.74 Å². The zero-order valence-corrected chi connectivity index (χ0v) is 14.2. The Labute approximate surface area is 137 Å². The van der Waals surface area contributed by atoms with Crippen molar-refractivity contribution in [2.75, 3.05) is 13.1 Å². The highest BCUT2D eigenvalue weighted by atomic mass is 19.1. The average Bonchev–Trinajstić information content (AvgIpc) is 2.91. The van der Waals surface area contributed by atoms with E-state index in [4.69, 9.17) is 10.6 Å². The number of hydrogen-bond donors (Lipinski definition) is 2. The van der Waals surface area contributed by atoms with Gasteiger partial charge in [-0.05, 0) is 46.1 Å². The molecular weight excluding hydrogens is 297 g/mol. The minimum Gasteiger partial charge on any atom is -0.444 e. The van der Waals surface area contributed by atoms with Gasteiger partial charge < -0.3 is 9.64 Å². The molecule has 1 aromatic carbocycles. The first-order valence-electron chi connectivity index (χ1n) is 7.91. The van der Waals surface area contributed by atoms with E-state index >= 15 is 0 Å². The highest BCUT2D eigenvalue weighted by Crippen LogP contribution is 2.32. The third-order valence-corrected chi connectivity index (χ3v) is 4.01. The molecule has 2 rings (SSSR count). The first-order valence-corrected chi connectivity index (χ1v) is 7.91. The molecule has 0 radical (unpaired) electrons. The van der Waals surface area contributed by atoms with Gasteiger partial charge in [0.2, 0.25) is 0 Å². The van der Waals surface area contributed by atoms with Crippen molar-refractivity contribution in [2.45, 2.75) is 45.8 Å². The summed E-state index contributed by atoms with van der Waals surface area (Å²) in [6, 6.07) is 4.65. The maximum absolute atomic E-state index is 14.1. The van der Waals surface area contributed by atoms with Crippen LogP contribution in [0.15, 0.2) is 18.2 Å². The fraction of sp³-hybridized carbons (Fsp3) is 0.588. The zero-order chi connectivity index (χ0) is 17.2. The standard InChI is InChI=1S/C17H26FN3O2/c1-11-5-6-14(18)13(9-11)15(20-19)12-7-8-21(10-12)16(22)23-17(2,3)4/h5-6,9,12,15,20H,7-8,10,19H2,1-4H3. The highest BCUT2D eigenvalue weighted by Gasteiger charge is 2.35. The quantitative estimate of drug-likeness (QED) is 0.663. The van der Waals surface area contributed by atoms with Gasteiger partial charge >= 0.3 is 6.09 Å². The molecule has 2 unspecified atom stereocenters. The second kappa shape index (κ2) is 6.84. The SMILES string of the molecule is Cc1ccc(F)c(C(NN)C2CCN(C(=O)OC(C)(C)C)C2)c1. The van der Waals surface area contributed by atoms with Crippen LogP contribution >= 0.6 is 0 Å². The predicted molar refractivity (Wildman–Crippen MR) is 87.1 cm³/mol. The number of rotatable bonds is 3. The summed E-state index contributed by atoms with van der Waals surface area (Å²) in [6.45, 7) is 8.51. The number of nitrogens with zero attached hydrogens (tertiary/aromatic N) is 1. The second-order valence-electron chi connectivity index (χ2n) is 7.14. The Morgan fingerprint density at radius 1 is 1.48 bits per heavy atom. The van der Waals surface area contributed by atoms with Crippen molar-refractivity contribution in [3.05, 3.63) is 35.1 Å². The molecule has 0 spiro atoms. The Hall–Kier alpha value is -1.66. The number of hydrazine groups is 1. The van der Waals surface area contributed by atoms with Crippen molar-refractivity contribution < 1.29 is 13.9 Å². The number of nitrogens with two attached hydrogens (primary N) is 1. The normalized spacial score (nSPS) is 19.7. The van der Waals surface area contributed by atoms with E-state index < -0.39 is 5.60 Å². The van der Waals surface area contributed by atoms with Crippen LogP contribution < -0.4 is 11.3 Å². The summed E-state index contributed by atoms with van der Waals surface area (Å²) in [5.41, 5.74) is 3.71. The molecule has 23 heavy (non-hydrogen) atoms. The maximum Gasteiger partial charge on any atom is 0.410 e. The number of aryl methyl sites for hydroxylation is 1. The van der Waals surface area contributed by atoms with Crippen molar-refractivity contribution >= 4 is 6.09 Å². The number of hydrogen-bond acceptors (Lipinski definition) is 4. The molecule has 5 nitrogen and oxygen atoms in total. The van der Waals surface area contributed by atoms with E-state index in [1.54, 1.807) is 17.0 Å². The maximum atomic E-state index is 14.1. The number of nitrogens with one attached hydrogen (secondary N) is 1. The summed E-state index contributed by atoms with van der Waals surface area (Å²) in [5.74, 6) is 5.44. The molecule has 0 aliphatic carbocycles. The number of ether oxygens (including phenoxy) is 1. The molecule has 0 aromatic heterocycles. The fourth-order valence-electron chi connectivity index (χ4n) is 2.93. The van der Waals surface area contributed by atoms with Crippen molar-refractivity contribution in [1.82, 2.24) is 10.3 Å². The van der Waals surface area contributed by atoms with Crippen molar-refractivity contribution in [3.63, 3.8) is 0 Å². The zero-order valence-electron chi connectivity index (χ0n) is 14.2. The second-order valence-corrected chi connectivity index (χ2v) is 7.14. The summed E-state index contributed by atoms with van der Waals surface area (Å²) < 4.78 is 19.5.